The minimum Gasteiger partial charge on any atom is -0.370 e. The lowest BCUT2D eigenvalue weighted by Crippen LogP contribution is -2.46. The van der Waals surface area contributed by atoms with Gasteiger partial charge in [0.25, 0.3) is 0 Å². The number of amides is 3. The quantitative estimate of drug-likeness (QED) is 0.167. The van der Waals surface area contributed by atoms with Crippen LogP contribution < -0.4 is 22.3 Å². The maximum Gasteiger partial charge on any atom is 0.323 e. The van der Waals surface area contributed by atoms with Crippen LogP contribution in [0.15, 0.2) is 0 Å². The van der Waals surface area contributed by atoms with Gasteiger partial charge in [-0.2, -0.15) is 0 Å². The monoisotopic (exact) mass is 188 g/mol. The molecule has 0 aliphatic rings. The summed E-state index contributed by atoms with van der Waals surface area (Å²) in [7, 11) is 0. The van der Waals surface area contributed by atoms with Crippen LogP contribution in [0, 0.1) is 0 Å². The number of hydrazine groups is 1. The number of nitrogens with one attached hydrogen (secondary N) is 2. The lowest BCUT2D eigenvalue weighted by Gasteiger charge is -2.10. The van der Waals surface area contributed by atoms with Crippen molar-refractivity contribution in [3.63, 3.8) is 0 Å². The number of hydrogen-bond donors (Lipinski definition) is 4. The zero-order chi connectivity index (χ0) is 10.4. The Hall–Kier alpha value is -1.63. The Morgan fingerprint density at radius 3 is 2.23 bits per heavy atom. The van der Waals surface area contributed by atoms with Crippen molar-refractivity contribution in [2.45, 2.75) is 19.4 Å². The highest BCUT2D eigenvalue weighted by Gasteiger charge is 2.15. The van der Waals surface area contributed by atoms with E-state index in [1.807, 2.05) is 0 Å². The predicted octanol–water partition coefficient (Wildman–Crippen LogP) is -2.64. The molecule has 0 saturated carbocycles. The van der Waals surface area contributed by atoms with E-state index in [0.29, 0.717) is 0 Å². The summed E-state index contributed by atoms with van der Waals surface area (Å²) in [6.45, 7) is 1.55. The van der Waals surface area contributed by atoms with Gasteiger partial charge in [0, 0.05) is 12.5 Å². The Balaban J connectivity index is 3.91. The molecule has 7 nitrogen and oxygen atoms in total. The molecule has 0 aromatic rings. The lowest BCUT2D eigenvalue weighted by molar-refractivity contribution is -0.139. The van der Waals surface area contributed by atoms with E-state index in [4.69, 9.17) is 11.6 Å². The largest absolute Gasteiger partial charge is 0.370 e. The number of carbonyl (C=O) groups excluding carboxylic acids is 3. The van der Waals surface area contributed by atoms with E-state index < -0.39 is 23.8 Å². The van der Waals surface area contributed by atoms with E-state index in [1.54, 1.807) is 12.3 Å². The molecule has 1 unspecified atom stereocenters. The van der Waals surface area contributed by atoms with E-state index in [9.17, 15) is 14.4 Å². The number of nitrogens with two attached hydrogens (primary N) is 2. The molecule has 0 aromatic heterocycles. The lowest BCUT2D eigenvalue weighted by atomic mass is 10.2. The van der Waals surface area contributed by atoms with E-state index >= 15 is 0 Å². The zero-order valence-corrected chi connectivity index (χ0v) is 7.16. The predicted molar refractivity (Wildman–Crippen MR) is 43.7 cm³/mol. The van der Waals surface area contributed by atoms with Crippen molar-refractivity contribution in [1.82, 2.24) is 10.7 Å². The van der Waals surface area contributed by atoms with E-state index in [1.165, 1.54) is 0 Å². The third-order valence-corrected chi connectivity index (χ3v) is 1.22. The molecule has 0 heterocycles. The second kappa shape index (κ2) is 5.09. The Labute approximate surface area is 74.8 Å². The standard InChI is InChI=1S/C6H12N4O3/c1-3(2-4(7)11)9-5(12)6(13)10-8/h3H,2,8H2,1H3,(H2,7,11)(H,9,12)(H,10,13). The molecular weight excluding hydrogens is 176 g/mol. The van der Waals surface area contributed by atoms with Crippen LogP contribution in [0.1, 0.15) is 13.3 Å². The molecule has 0 radical (unpaired) electrons. The highest BCUT2D eigenvalue weighted by Crippen LogP contribution is 1.87. The van der Waals surface area contributed by atoms with Crippen LogP contribution in [0.3, 0.4) is 0 Å². The summed E-state index contributed by atoms with van der Waals surface area (Å²) in [5.74, 6) is 2.29. The highest BCUT2D eigenvalue weighted by molar-refractivity contribution is 6.34. The van der Waals surface area contributed by atoms with Crippen molar-refractivity contribution >= 4 is 17.7 Å². The molecule has 3 amide bonds. The first kappa shape index (κ1) is 11.4. The first-order valence-electron chi connectivity index (χ1n) is 3.57. The fraction of sp³-hybridized carbons (Fsp3) is 0.500. The normalized spacial score (nSPS) is 11.5. The van der Waals surface area contributed by atoms with E-state index in [-0.39, 0.29) is 6.42 Å². The van der Waals surface area contributed by atoms with Gasteiger partial charge in [0.05, 0.1) is 0 Å². The van der Waals surface area contributed by atoms with Crippen molar-refractivity contribution in [1.29, 1.82) is 0 Å². The molecule has 7 heteroatoms. The molecule has 0 aliphatic heterocycles. The number of hydrogen-bond acceptors (Lipinski definition) is 4. The van der Waals surface area contributed by atoms with Crippen LogP contribution in [0.5, 0.6) is 0 Å². The second-order valence-corrected chi connectivity index (χ2v) is 2.52. The van der Waals surface area contributed by atoms with Gasteiger partial charge in [0.15, 0.2) is 0 Å². The molecule has 0 bridgehead atoms. The van der Waals surface area contributed by atoms with E-state index in [0.717, 1.165) is 0 Å². The number of primary amides is 1. The molecule has 0 aliphatic carbocycles. The molecule has 1 atom stereocenters. The van der Waals surface area contributed by atoms with Gasteiger partial charge in [-0.25, -0.2) is 5.84 Å². The highest BCUT2D eigenvalue weighted by atomic mass is 16.2. The molecule has 74 valence electrons. The summed E-state index contributed by atoms with van der Waals surface area (Å²) in [5, 5.41) is 2.23. The van der Waals surface area contributed by atoms with Gasteiger partial charge in [0.1, 0.15) is 0 Å². The Bertz CT molecular complexity index is 228. The molecule has 0 saturated heterocycles. The fourth-order valence-electron chi connectivity index (χ4n) is 0.708. The van der Waals surface area contributed by atoms with Crippen molar-refractivity contribution in [2.75, 3.05) is 0 Å². The minimum absolute atomic E-state index is 0.0242. The summed E-state index contributed by atoms with van der Waals surface area (Å²) >= 11 is 0. The Morgan fingerprint density at radius 1 is 1.31 bits per heavy atom. The smallest absolute Gasteiger partial charge is 0.323 e. The van der Waals surface area contributed by atoms with Crippen molar-refractivity contribution in [3.8, 4) is 0 Å². The van der Waals surface area contributed by atoms with Gasteiger partial charge in [-0.3, -0.25) is 19.8 Å². The minimum atomic E-state index is -0.962. The number of carbonyl (C=O) groups is 3. The molecular formula is C6H12N4O3. The van der Waals surface area contributed by atoms with Crippen LogP contribution in [0.25, 0.3) is 0 Å². The van der Waals surface area contributed by atoms with Gasteiger partial charge in [-0.1, -0.05) is 0 Å². The Kier molecular flexibility index (Phi) is 4.45. The summed E-state index contributed by atoms with van der Waals surface area (Å²) in [5.41, 5.74) is 6.52. The van der Waals surface area contributed by atoms with E-state index in [2.05, 4.69) is 5.32 Å². The fourth-order valence-corrected chi connectivity index (χ4v) is 0.708. The number of rotatable bonds is 3. The summed E-state index contributed by atoms with van der Waals surface area (Å²) in [6, 6.07) is -0.484. The van der Waals surface area contributed by atoms with Gasteiger partial charge < -0.3 is 11.1 Å². The molecule has 6 N–H and O–H groups in total. The zero-order valence-electron chi connectivity index (χ0n) is 7.16. The van der Waals surface area contributed by atoms with Crippen LogP contribution in [-0.4, -0.2) is 23.8 Å². The van der Waals surface area contributed by atoms with Crippen LogP contribution in [-0.2, 0) is 14.4 Å². The summed E-state index contributed by atoms with van der Waals surface area (Å²) in [6.07, 6.45) is -0.0242. The van der Waals surface area contributed by atoms with Gasteiger partial charge in [-0.15, -0.1) is 0 Å². The van der Waals surface area contributed by atoms with Gasteiger partial charge in [0.2, 0.25) is 5.91 Å². The van der Waals surface area contributed by atoms with Gasteiger partial charge in [-0.05, 0) is 6.92 Å². The Morgan fingerprint density at radius 2 is 1.85 bits per heavy atom. The summed E-state index contributed by atoms with van der Waals surface area (Å²) in [4.78, 5) is 31.8. The SMILES string of the molecule is CC(CC(N)=O)NC(=O)C(=O)NN. The molecule has 0 rings (SSSR count). The third kappa shape index (κ3) is 4.75. The topological polar surface area (TPSA) is 127 Å². The van der Waals surface area contributed by atoms with Crippen LogP contribution in [0.4, 0.5) is 0 Å². The molecule has 0 aromatic carbocycles. The average Bonchev–Trinajstić information content (AvgIpc) is 2.01. The van der Waals surface area contributed by atoms with Crippen molar-refractivity contribution in [3.05, 3.63) is 0 Å². The van der Waals surface area contributed by atoms with Crippen LogP contribution >= 0.6 is 0 Å². The van der Waals surface area contributed by atoms with Crippen molar-refractivity contribution in [2.24, 2.45) is 11.6 Å². The van der Waals surface area contributed by atoms with Gasteiger partial charge >= 0.3 is 11.8 Å². The first-order chi connectivity index (χ1) is 5.97. The first-order valence-corrected chi connectivity index (χ1v) is 3.57. The maximum absolute atomic E-state index is 10.8. The maximum atomic E-state index is 10.8. The second-order valence-electron chi connectivity index (χ2n) is 2.52. The molecule has 0 spiro atoms. The average molecular weight is 188 g/mol. The molecule has 0 fully saturated rings. The van der Waals surface area contributed by atoms with Crippen LogP contribution in [0.2, 0.25) is 0 Å². The molecule has 13 heavy (non-hydrogen) atoms. The van der Waals surface area contributed by atoms with Crippen molar-refractivity contribution < 1.29 is 14.4 Å². The summed E-state index contributed by atoms with van der Waals surface area (Å²) < 4.78 is 0. The third-order valence-electron chi connectivity index (χ3n) is 1.22.